The van der Waals surface area contributed by atoms with Crippen molar-refractivity contribution < 1.29 is 17.3 Å². The van der Waals surface area contributed by atoms with Gasteiger partial charge in [-0.3, -0.25) is 0 Å². The van der Waals surface area contributed by atoms with Gasteiger partial charge in [0.05, 0.1) is 6.61 Å². The largest absolute Gasteiger partial charge is 0.493 e. The minimum absolute atomic E-state index is 0. The maximum absolute atomic E-state index is 12.7. The average molecular weight is 524 g/mol. The highest BCUT2D eigenvalue weighted by Crippen LogP contribution is 2.37. The van der Waals surface area contributed by atoms with E-state index in [1.54, 1.807) is 36.4 Å². The Labute approximate surface area is 190 Å². The van der Waals surface area contributed by atoms with Gasteiger partial charge in [-0.1, -0.05) is 67.4 Å². The summed E-state index contributed by atoms with van der Waals surface area (Å²) in [5, 5.41) is 0. The molecule has 0 saturated heterocycles. The molecule has 0 aliphatic heterocycles. The van der Waals surface area contributed by atoms with Crippen molar-refractivity contribution in [2.24, 2.45) is 0 Å². The standard InChI is InChI=1S/C23H24O4S.HI/c1-3-4-17-26-22-11-7-5-9-20(22)21-10-6-8-12-23(21)27-28(24,25)19-15-13-18(2)14-16-19;/h5-16H,3-4,17H2,1-2H3;1H. The van der Waals surface area contributed by atoms with Crippen LogP contribution in [0.25, 0.3) is 11.1 Å². The van der Waals surface area contributed by atoms with Crippen molar-refractivity contribution in [1.82, 2.24) is 0 Å². The predicted octanol–water partition coefficient (Wildman–Crippen LogP) is 6.23. The Morgan fingerprint density at radius 2 is 1.34 bits per heavy atom. The monoisotopic (exact) mass is 524 g/mol. The summed E-state index contributed by atoms with van der Waals surface area (Å²) in [6.45, 7) is 4.62. The molecule has 154 valence electrons. The summed E-state index contributed by atoms with van der Waals surface area (Å²) >= 11 is 0. The quantitative estimate of drug-likeness (QED) is 0.199. The number of hydrogen-bond acceptors (Lipinski definition) is 4. The van der Waals surface area contributed by atoms with Crippen LogP contribution < -0.4 is 8.92 Å². The van der Waals surface area contributed by atoms with E-state index in [0.29, 0.717) is 17.9 Å². The molecule has 0 spiro atoms. The van der Waals surface area contributed by atoms with Crippen LogP contribution in [0.2, 0.25) is 0 Å². The molecule has 0 aliphatic carbocycles. The number of halogens is 1. The first-order valence-corrected chi connectivity index (χ1v) is 10.7. The lowest BCUT2D eigenvalue weighted by Crippen LogP contribution is -2.10. The van der Waals surface area contributed by atoms with Crippen LogP contribution in [0.5, 0.6) is 11.5 Å². The number of para-hydroxylation sites is 2. The molecule has 3 rings (SSSR count). The molecule has 0 bridgehead atoms. The Bertz CT molecular complexity index is 1030. The molecule has 3 aromatic carbocycles. The SMILES string of the molecule is CCCCOc1ccccc1-c1ccccc1OS(=O)(=O)c1ccc(C)cc1.I. The van der Waals surface area contributed by atoms with Crippen LogP contribution in [-0.4, -0.2) is 15.0 Å². The van der Waals surface area contributed by atoms with Crippen LogP contribution >= 0.6 is 24.0 Å². The summed E-state index contributed by atoms with van der Waals surface area (Å²) in [4.78, 5) is 0.125. The van der Waals surface area contributed by atoms with Gasteiger partial charge in [0, 0.05) is 11.1 Å². The molecule has 0 aromatic heterocycles. The van der Waals surface area contributed by atoms with Crippen molar-refractivity contribution in [3.8, 4) is 22.6 Å². The van der Waals surface area contributed by atoms with E-state index in [0.717, 1.165) is 24.0 Å². The maximum Gasteiger partial charge on any atom is 0.339 e. The van der Waals surface area contributed by atoms with E-state index >= 15 is 0 Å². The number of benzene rings is 3. The molecular weight excluding hydrogens is 499 g/mol. The Hall–Kier alpha value is -2.06. The van der Waals surface area contributed by atoms with E-state index in [-0.39, 0.29) is 34.6 Å². The average Bonchev–Trinajstić information content (AvgIpc) is 2.69. The van der Waals surface area contributed by atoms with Gasteiger partial charge in [0.2, 0.25) is 0 Å². The van der Waals surface area contributed by atoms with Crippen molar-refractivity contribution in [2.75, 3.05) is 6.61 Å². The molecular formula is C23H25IO4S. The normalized spacial score (nSPS) is 10.8. The zero-order chi connectivity index (χ0) is 20.0. The van der Waals surface area contributed by atoms with Gasteiger partial charge < -0.3 is 8.92 Å². The fourth-order valence-electron chi connectivity index (χ4n) is 2.77. The fraction of sp³-hybridized carbons (Fsp3) is 0.217. The Balaban J connectivity index is 0.00000300. The van der Waals surface area contributed by atoms with Crippen LogP contribution in [-0.2, 0) is 10.1 Å². The van der Waals surface area contributed by atoms with Crippen molar-refractivity contribution in [3.05, 3.63) is 78.4 Å². The second kappa shape index (κ2) is 10.6. The van der Waals surface area contributed by atoms with Gasteiger partial charge in [0.15, 0.2) is 5.75 Å². The van der Waals surface area contributed by atoms with Gasteiger partial charge in [-0.15, -0.1) is 24.0 Å². The molecule has 0 N–H and O–H groups in total. The Morgan fingerprint density at radius 1 is 0.793 bits per heavy atom. The van der Waals surface area contributed by atoms with Gasteiger partial charge in [-0.05, 0) is 37.6 Å². The third-order valence-electron chi connectivity index (χ3n) is 4.33. The van der Waals surface area contributed by atoms with Crippen LogP contribution in [0.3, 0.4) is 0 Å². The van der Waals surface area contributed by atoms with E-state index in [4.69, 9.17) is 8.92 Å². The Kier molecular flexibility index (Phi) is 8.52. The number of aryl methyl sites for hydroxylation is 1. The number of rotatable bonds is 8. The molecule has 0 aliphatic rings. The minimum Gasteiger partial charge on any atom is -0.493 e. The number of hydrogen-bond donors (Lipinski definition) is 0. The van der Waals surface area contributed by atoms with Gasteiger partial charge in [0.1, 0.15) is 10.6 Å². The van der Waals surface area contributed by atoms with Crippen molar-refractivity contribution in [2.45, 2.75) is 31.6 Å². The van der Waals surface area contributed by atoms with Gasteiger partial charge in [-0.25, -0.2) is 0 Å². The number of ether oxygens (including phenoxy) is 1. The van der Waals surface area contributed by atoms with Crippen LogP contribution in [0.15, 0.2) is 77.7 Å². The molecule has 0 amide bonds. The molecule has 0 unspecified atom stereocenters. The van der Waals surface area contributed by atoms with Crippen LogP contribution in [0.1, 0.15) is 25.3 Å². The summed E-state index contributed by atoms with van der Waals surface area (Å²) in [6, 6.07) is 21.3. The molecule has 3 aromatic rings. The topological polar surface area (TPSA) is 52.6 Å². The zero-order valence-corrected chi connectivity index (χ0v) is 19.6. The molecule has 6 heteroatoms. The second-order valence-corrected chi connectivity index (χ2v) is 8.09. The van der Waals surface area contributed by atoms with E-state index < -0.39 is 10.1 Å². The van der Waals surface area contributed by atoms with E-state index in [1.165, 1.54) is 0 Å². The summed E-state index contributed by atoms with van der Waals surface area (Å²) in [5.74, 6) is 0.981. The summed E-state index contributed by atoms with van der Waals surface area (Å²) in [5.41, 5.74) is 2.45. The molecule has 0 fully saturated rings. The maximum atomic E-state index is 12.7. The fourth-order valence-corrected chi connectivity index (χ4v) is 3.72. The van der Waals surface area contributed by atoms with Crippen LogP contribution in [0.4, 0.5) is 0 Å². The lowest BCUT2D eigenvalue weighted by molar-refractivity contribution is 0.310. The van der Waals surface area contributed by atoms with Crippen molar-refractivity contribution in [1.29, 1.82) is 0 Å². The predicted molar refractivity (Wildman–Crippen MR) is 127 cm³/mol. The summed E-state index contributed by atoms with van der Waals surface area (Å²) in [6.07, 6.45) is 1.99. The van der Waals surface area contributed by atoms with E-state index in [9.17, 15) is 8.42 Å². The number of unbranched alkanes of at least 4 members (excludes halogenated alkanes) is 1. The van der Waals surface area contributed by atoms with Crippen molar-refractivity contribution in [3.63, 3.8) is 0 Å². The molecule has 4 nitrogen and oxygen atoms in total. The highest BCUT2D eigenvalue weighted by molar-refractivity contribution is 14.0. The summed E-state index contributed by atoms with van der Waals surface area (Å²) < 4.78 is 36.9. The molecule has 29 heavy (non-hydrogen) atoms. The van der Waals surface area contributed by atoms with E-state index in [2.05, 4.69) is 6.92 Å². The van der Waals surface area contributed by atoms with Gasteiger partial charge >= 0.3 is 10.1 Å². The Morgan fingerprint density at radius 3 is 1.97 bits per heavy atom. The first kappa shape index (κ1) is 23.2. The first-order valence-electron chi connectivity index (χ1n) is 9.33. The zero-order valence-electron chi connectivity index (χ0n) is 16.5. The molecule has 0 saturated carbocycles. The van der Waals surface area contributed by atoms with Crippen LogP contribution in [0, 0.1) is 6.92 Å². The molecule has 0 heterocycles. The first-order chi connectivity index (χ1) is 13.5. The van der Waals surface area contributed by atoms with Gasteiger partial charge in [0.25, 0.3) is 0 Å². The highest BCUT2D eigenvalue weighted by atomic mass is 127. The minimum atomic E-state index is -3.94. The third kappa shape index (κ3) is 5.96. The molecule has 0 atom stereocenters. The smallest absolute Gasteiger partial charge is 0.339 e. The molecule has 0 radical (unpaired) electrons. The highest BCUT2D eigenvalue weighted by Gasteiger charge is 2.20. The van der Waals surface area contributed by atoms with Gasteiger partial charge in [-0.2, -0.15) is 8.42 Å². The second-order valence-electron chi connectivity index (χ2n) is 6.54. The lowest BCUT2D eigenvalue weighted by Gasteiger charge is -2.15. The van der Waals surface area contributed by atoms with Crippen molar-refractivity contribution >= 4 is 34.1 Å². The van der Waals surface area contributed by atoms with E-state index in [1.807, 2.05) is 43.3 Å². The summed E-state index contributed by atoms with van der Waals surface area (Å²) in [7, 11) is -3.94. The lowest BCUT2D eigenvalue weighted by atomic mass is 10.0. The third-order valence-corrected chi connectivity index (χ3v) is 5.58.